The van der Waals surface area contributed by atoms with Gasteiger partial charge in [-0.3, -0.25) is 9.69 Å². The number of carbonyl (C=O) groups excluding carboxylic acids is 1. The van der Waals surface area contributed by atoms with Gasteiger partial charge in [0.1, 0.15) is 0 Å². The molecule has 4 aliphatic rings. The van der Waals surface area contributed by atoms with Crippen LogP contribution in [0.1, 0.15) is 56.1 Å². The lowest BCUT2D eigenvalue weighted by molar-refractivity contribution is -0.142. The monoisotopic (exact) mass is 451 g/mol. The molecular weight excluding hydrogens is 419 g/mol. The first-order valence-corrected chi connectivity index (χ1v) is 11.9. The number of hydrogen-bond acceptors (Lipinski definition) is 4. The summed E-state index contributed by atoms with van der Waals surface area (Å²) < 4.78 is 48.3. The number of nitrogens with one attached hydrogen (secondary N) is 1. The van der Waals surface area contributed by atoms with Gasteiger partial charge in [-0.2, -0.15) is 13.2 Å². The maximum absolute atomic E-state index is 14.2. The van der Waals surface area contributed by atoms with E-state index in [4.69, 9.17) is 4.74 Å². The Morgan fingerprint density at radius 3 is 2.72 bits per heavy atom. The Balaban J connectivity index is 1.45. The third kappa shape index (κ3) is 3.69. The Hall–Kier alpha value is -1.80. The Labute approximate surface area is 187 Å². The number of carbonyl (C=O) groups is 1. The van der Waals surface area contributed by atoms with Crippen LogP contribution in [0, 0.1) is 5.41 Å². The molecule has 0 aromatic heterocycles. The molecule has 1 aromatic carbocycles. The maximum Gasteiger partial charge on any atom is 0.416 e. The largest absolute Gasteiger partial charge is 0.416 e. The molecule has 0 radical (unpaired) electrons. The zero-order chi connectivity index (χ0) is 22.5. The predicted octanol–water partition coefficient (Wildman–Crippen LogP) is 3.78. The van der Waals surface area contributed by atoms with Crippen LogP contribution in [0.25, 0.3) is 0 Å². The molecule has 4 saturated heterocycles. The van der Waals surface area contributed by atoms with E-state index in [1.54, 1.807) is 6.07 Å². The average Bonchev–Trinajstić information content (AvgIpc) is 3.49. The van der Waals surface area contributed by atoms with E-state index in [1.165, 1.54) is 18.9 Å². The second-order valence-electron chi connectivity index (χ2n) is 9.93. The highest BCUT2D eigenvalue weighted by atomic mass is 19.4. The molecule has 4 atom stereocenters. The number of amides is 1. The number of nitrogens with zero attached hydrogens (tertiary/aromatic N) is 2. The molecule has 4 fully saturated rings. The SMILES string of the molecule is C[C@H]1CCCN1[C@H]1CCN(c2ccc(C3COCCC34CCNC4=O)c(C(F)(F)F)c2)C1. The van der Waals surface area contributed by atoms with E-state index in [1.807, 2.05) is 6.07 Å². The Bertz CT molecular complexity index is 877. The predicted molar refractivity (Wildman–Crippen MR) is 116 cm³/mol. The van der Waals surface area contributed by atoms with E-state index >= 15 is 0 Å². The van der Waals surface area contributed by atoms with E-state index < -0.39 is 23.1 Å². The van der Waals surface area contributed by atoms with E-state index in [2.05, 4.69) is 22.0 Å². The third-order valence-electron chi connectivity index (χ3n) is 8.27. The smallest absolute Gasteiger partial charge is 0.381 e. The van der Waals surface area contributed by atoms with Crippen LogP contribution in [-0.2, 0) is 15.7 Å². The molecule has 4 heterocycles. The van der Waals surface area contributed by atoms with Gasteiger partial charge in [-0.15, -0.1) is 0 Å². The summed E-state index contributed by atoms with van der Waals surface area (Å²) in [6.07, 6.45) is -0.0917. The van der Waals surface area contributed by atoms with Crippen molar-refractivity contribution in [3.8, 4) is 0 Å². The first-order chi connectivity index (χ1) is 15.3. The molecule has 1 amide bonds. The summed E-state index contributed by atoms with van der Waals surface area (Å²) >= 11 is 0. The Morgan fingerprint density at radius 1 is 1.19 bits per heavy atom. The fourth-order valence-electron chi connectivity index (χ4n) is 6.47. The van der Waals surface area contributed by atoms with Crippen molar-refractivity contribution in [2.45, 2.75) is 63.2 Å². The summed E-state index contributed by atoms with van der Waals surface area (Å²) in [5.41, 5.74) is -0.605. The first kappa shape index (κ1) is 22.0. The molecule has 176 valence electrons. The van der Waals surface area contributed by atoms with Gasteiger partial charge >= 0.3 is 6.18 Å². The highest BCUT2D eigenvalue weighted by Gasteiger charge is 2.52. The number of hydrogen-bond donors (Lipinski definition) is 1. The van der Waals surface area contributed by atoms with Gasteiger partial charge in [-0.05, 0) is 63.3 Å². The molecule has 5 rings (SSSR count). The second-order valence-corrected chi connectivity index (χ2v) is 9.93. The number of likely N-dealkylation sites (tertiary alicyclic amines) is 1. The molecule has 1 spiro atoms. The summed E-state index contributed by atoms with van der Waals surface area (Å²) in [6, 6.07) is 5.68. The van der Waals surface area contributed by atoms with Crippen LogP contribution in [0.3, 0.4) is 0 Å². The first-order valence-electron chi connectivity index (χ1n) is 11.9. The number of anilines is 1. The lowest BCUT2D eigenvalue weighted by atomic mass is 9.67. The lowest BCUT2D eigenvalue weighted by Gasteiger charge is -2.40. The molecular formula is C24H32F3N3O2. The van der Waals surface area contributed by atoms with E-state index in [0.717, 1.165) is 26.1 Å². The minimum atomic E-state index is -4.48. The van der Waals surface area contributed by atoms with Crippen molar-refractivity contribution in [2.24, 2.45) is 5.41 Å². The fourth-order valence-corrected chi connectivity index (χ4v) is 6.47. The lowest BCUT2D eigenvalue weighted by Crippen LogP contribution is -2.43. The van der Waals surface area contributed by atoms with Crippen LogP contribution in [0.5, 0.6) is 0 Å². The normalized spacial score (nSPS) is 33.9. The Morgan fingerprint density at radius 2 is 2.03 bits per heavy atom. The van der Waals surface area contributed by atoms with E-state index in [9.17, 15) is 18.0 Å². The average molecular weight is 452 g/mol. The fraction of sp³-hybridized carbons (Fsp3) is 0.708. The van der Waals surface area contributed by atoms with Crippen LogP contribution >= 0.6 is 0 Å². The van der Waals surface area contributed by atoms with E-state index in [0.29, 0.717) is 43.8 Å². The zero-order valence-corrected chi connectivity index (χ0v) is 18.6. The molecule has 1 aromatic rings. The summed E-state index contributed by atoms with van der Waals surface area (Å²) in [5, 5.41) is 2.84. The second kappa shape index (κ2) is 8.20. The standard InChI is InChI=1S/C24H32F3N3O2/c1-16-3-2-10-30(16)18-6-11-29(14-18)17-4-5-19(20(13-17)24(25,26)27)21-15-32-12-8-23(21)7-9-28-22(23)31/h4-5,13,16,18,21H,2-3,6-12,14-15H2,1H3,(H,28,31)/t16-,18-,21?,23?/m0/s1. The molecule has 32 heavy (non-hydrogen) atoms. The summed E-state index contributed by atoms with van der Waals surface area (Å²) in [7, 11) is 0. The molecule has 0 bridgehead atoms. The van der Waals surface area contributed by atoms with Crippen molar-refractivity contribution in [1.82, 2.24) is 10.2 Å². The summed E-state index contributed by atoms with van der Waals surface area (Å²) in [4.78, 5) is 17.3. The van der Waals surface area contributed by atoms with Crippen molar-refractivity contribution in [3.63, 3.8) is 0 Å². The number of rotatable bonds is 3. The van der Waals surface area contributed by atoms with Crippen molar-refractivity contribution < 1.29 is 22.7 Å². The highest BCUT2D eigenvalue weighted by Crippen LogP contribution is 2.50. The van der Waals surface area contributed by atoms with Gasteiger partial charge in [0.25, 0.3) is 0 Å². The van der Waals surface area contributed by atoms with Crippen LogP contribution < -0.4 is 10.2 Å². The number of alkyl halides is 3. The minimum absolute atomic E-state index is 0.134. The third-order valence-corrected chi connectivity index (χ3v) is 8.27. The van der Waals surface area contributed by atoms with Crippen molar-refractivity contribution in [2.75, 3.05) is 44.3 Å². The molecule has 1 N–H and O–H groups in total. The molecule has 2 unspecified atom stereocenters. The van der Waals surface area contributed by atoms with E-state index in [-0.39, 0.29) is 18.1 Å². The number of halogens is 3. The summed E-state index contributed by atoms with van der Waals surface area (Å²) in [5.74, 6) is -0.716. The number of benzene rings is 1. The molecule has 0 saturated carbocycles. The highest BCUT2D eigenvalue weighted by molar-refractivity contribution is 5.86. The van der Waals surface area contributed by atoms with Gasteiger partial charge in [0.05, 0.1) is 17.6 Å². The molecule has 4 aliphatic heterocycles. The van der Waals surface area contributed by atoms with Gasteiger partial charge in [0.2, 0.25) is 5.91 Å². The van der Waals surface area contributed by atoms with Crippen LogP contribution in [0.2, 0.25) is 0 Å². The topological polar surface area (TPSA) is 44.8 Å². The minimum Gasteiger partial charge on any atom is -0.381 e. The number of ether oxygens (including phenoxy) is 1. The van der Waals surface area contributed by atoms with Gasteiger partial charge in [0.15, 0.2) is 0 Å². The van der Waals surface area contributed by atoms with Crippen molar-refractivity contribution in [1.29, 1.82) is 0 Å². The Kier molecular flexibility index (Phi) is 5.64. The molecule has 8 heteroatoms. The van der Waals surface area contributed by atoms with Crippen LogP contribution in [0.4, 0.5) is 18.9 Å². The van der Waals surface area contributed by atoms with Crippen LogP contribution in [0.15, 0.2) is 18.2 Å². The van der Waals surface area contributed by atoms with Gasteiger partial charge < -0.3 is 15.0 Å². The maximum atomic E-state index is 14.2. The summed E-state index contributed by atoms with van der Waals surface area (Å²) in [6.45, 7) is 5.93. The van der Waals surface area contributed by atoms with Gasteiger partial charge in [-0.1, -0.05) is 6.07 Å². The van der Waals surface area contributed by atoms with Crippen molar-refractivity contribution >= 4 is 11.6 Å². The van der Waals surface area contributed by atoms with Gasteiger partial charge in [0, 0.05) is 49.9 Å². The molecule has 0 aliphatic carbocycles. The molecule has 5 nitrogen and oxygen atoms in total. The van der Waals surface area contributed by atoms with Crippen molar-refractivity contribution in [3.05, 3.63) is 29.3 Å². The zero-order valence-electron chi connectivity index (χ0n) is 18.6. The van der Waals surface area contributed by atoms with Gasteiger partial charge in [-0.25, -0.2) is 0 Å². The quantitative estimate of drug-likeness (QED) is 0.760. The van der Waals surface area contributed by atoms with Crippen LogP contribution in [-0.4, -0.2) is 62.3 Å².